The molecule has 0 spiro atoms. The molecule has 1 fully saturated rings. The van der Waals surface area contributed by atoms with Gasteiger partial charge < -0.3 is 19.5 Å². The predicted octanol–water partition coefficient (Wildman–Crippen LogP) is 3.24. The molecule has 0 bridgehead atoms. The van der Waals surface area contributed by atoms with Crippen LogP contribution in [0.4, 0.5) is 13.2 Å². The smallest absolute Gasteiger partial charge is 0.420 e. The SMILES string of the molecule is C[C@H](CN1CCCC1)[C@H](O)c1cc2c(c(C(F)(F)F)c1)OCCO2. The first-order valence-corrected chi connectivity index (χ1v) is 8.27. The average Bonchev–Trinajstić information content (AvgIpc) is 3.05. The zero-order chi connectivity index (χ0) is 17.3. The second-order valence-corrected chi connectivity index (χ2v) is 6.52. The number of fused-ring (bicyclic) bond motifs is 1. The Balaban J connectivity index is 1.86. The Bertz CT molecular complexity index is 585. The van der Waals surface area contributed by atoms with Gasteiger partial charge >= 0.3 is 6.18 Å². The van der Waals surface area contributed by atoms with E-state index in [9.17, 15) is 18.3 Å². The lowest BCUT2D eigenvalue weighted by Gasteiger charge is -2.27. The molecule has 7 heteroatoms. The number of rotatable bonds is 4. The molecular formula is C17H22F3NO3. The predicted molar refractivity (Wildman–Crippen MR) is 82.2 cm³/mol. The minimum absolute atomic E-state index is 0.0542. The van der Waals surface area contributed by atoms with Gasteiger partial charge in [0.15, 0.2) is 11.5 Å². The summed E-state index contributed by atoms with van der Waals surface area (Å²) in [6, 6.07) is 2.45. The van der Waals surface area contributed by atoms with Crippen molar-refractivity contribution in [2.75, 3.05) is 32.8 Å². The van der Waals surface area contributed by atoms with Gasteiger partial charge in [0, 0.05) is 6.54 Å². The van der Waals surface area contributed by atoms with Gasteiger partial charge in [-0.3, -0.25) is 0 Å². The van der Waals surface area contributed by atoms with E-state index in [4.69, 9.17) is 9.47 Å². The third-order valence-electron chi connectivity index (χ3n) is 4.60. The number of nitrogens with zero attached hydrogens (tertiary/aromatic N) is 1. The van der Waals surface area contributed by atoms with Crippen molar-refractivity contribution in [1.82, 2.24) is 4.90 Å². The molecule has 2 heterocycles. The molecule has 0 saturated carbocycles. The number of benzene rings is 1. The highest BCUT2D eigenvalue weighted by Crippen LogP contribution is 2.45. The van der Waals surface area contributed by atoms with Crippen LogP contribution in [0.1, 0.15) is 37.0 Å². The van der Waals surface area contributed by atoms with Crippen LogP contribution >= 0.6 is 0 Å². The molecule has 24 heavy (non-hydrogen) atoms. The highest BCUT2D eigenvalue weighted by atomic mass is 19.4. The Kier molecular flexibility index (Phi) is 4.92. The second-order valence-electron chi connectivity index (χ2n) is 6.52. The van der Waals surface area contributed by atoms with Gasteiger partial charge in [0.25, 0.3) is 0 Å². The van der Waals surface area contributed by atoms with E-state index >= 15 is 0 Å². The lowest BCUT2D eigenvalue weighted by atomic mass is 9.94. The van der Waals surface area contributed by atoms with Crippen molar-refractivity contribution in [3.63, 3.8) is 0 Å². The van der Waals surface area contributed by atoms with Crippen molar-refractivity contribution < 1.29 is 27.8 Å². The normalized spacial score (nSPS) is 20.9. The zero-order valence-corrected chi connectivity index (χ0v) is 13.6. The van der Waals surface area contributed by atoms with E-state index in [0.29, 0.717) is 6.54 Å². The van der Waals surface area contributed by atoms with Gasteiger partial charge in [-0.1, -0.05) is 6.92 Å². The van der Waals surface area contributed by atoms with Crippen molar-refractivity contribution >= 4 is 0 Å². The molecule has 134 valence electrons. The van der Waals surface area contributed by atoms with E-state index in [1.54, 1.807) is 0 Å². The first kappa shape index (κ1) is 17.4. The molecule has 2 aliphatic rings. The molecule has 4 nitrogen and oxygen atoms in total. The van der Waals surface area contributed by atoms with Gasteiger partial charge in [-0.2, -0.15) is 13.2 Å². The summed E-state index contributed by atoms with van der Waals surface area (Å²) in [7, 11) is 0. The number of alkyl halides is 3. The molecule has 0 aliphatic carbocycles. The van der Waals surface area contributed by atoms with Gasteiger partial charge in [-0.15, -0.1) is 0 Å². The maximum absolute atomic E-state index is 13.3. The van der Waals surface area contributed by atoms with E-state index < -0.39 is 17.8 Å². The standard InChI is InChI=1S/C17H22F3NO3/c1-11(10-21-4-2-3-5-21)15(22)12-8-13(17(18,19)20)16-14(9-12)23-6-7-24-16/h8-9,11,15,22H,2-7,10H2,1H3/t11-,15+/m1/s1. The van der Waals surface area contributed by atoms with Crippen molar-refractivity contribution in [2.45, 2.75) is 32.0 Å². The molecule has 0 amide bonds. The van der Waals surface area contributed by atoms with Crippen molar-refractivity contribution in [3.8, 4) is 11.5 Å². The number of aliphatic hydroxyl groups is 1. The highest BCUT2D eigenvalue weighted by molar-refractivity contribution is 5.52. The fourth-order valence-corrected chi connectivity index (χ4v) is 3.36. The van der Waals surface area contributed by atoms with Crippen LogP contribution in [0.5, 0.6) is 11.5 Å². The molecule has 2 atom stereocenters. The molecule has 3 rings (SSSR count). The maximum atomic E-state index is 13.3. The average molecular weight is 345 g/mol. The fraction of sp³-hybridized carbons (Fsp3) is 0.647. The number of ether oxygens (including phenoxy) is 2. The summed E-state index contributed by atoms with van der Waals surface area (Å²) in [5, 5.41) is 10.6. The van der Waals surface area contributed by atoms with E-state index in [1.165, 1.54) is 6.07 Å². The van der Waals surface area contributed by atoms with Crippen LogP contribution in [0, 0.1) is 5.92 Å². The van der Waals surface area contributed by atoms with Gasteiger partial charge in [0.1, 0.15) is 18.8 Å². The summed E-state index contributed by atoms with van der Waals surface area (Å²) < 4.78 is 50.4. The first-order chi connectivity index (χ1) is 11.4. The van der Waals surface area contributed by atoms with Crippen LogP contribution in [0.3, 0.4) is 0 Å². The van der Waals surface area contributed by atoms with Crippen LogP contribution in [0.25, 0.3) is 0 Å². The Morgan fingerprint density at radius 1 is 1.17 bits per heavy atom. The molecule has 1 aromatic carbocycles. The Morgan fingerprint density at radius 2 is 1.83 bits per heavy atom. The fourth-order valence-electron chi connectivity index (χ4n) is 3.36. The van der Waals surface area contributed by atoms with Crippen molar-refractivity contribution in [2.24, 2.45) is 5.92 Å². The summed E-state index contributed by atoms with van der Waals surface area (Å²) in [6.07, 6.45) is -3.28. The number of likely N-dealkylation sites (tertiary alicyclic amines) is 1. The molecule has 0 radical (unpaired) electrons. The second kappa shape index (κ2) is 6.80. The van der Waals surface area contributed by atoms with Crippen LogP contribution in [-0.4, -0.2) is 42.9 Å². The Morgan fingerprint density at radius 3 is 2.50 bits per heavy atom. The third kappa shape index (κ3) is 3.62. The monoisotopic (exact) mass is 345 g/mol. The zero-order valence-electron chi connectivity index (χ0n) is 13.6. The minimum Gasteiger partial charge on any atom is -0.486 e. The lowest BCUT2D eigenvalue weighted by molar-refractivity contribution is -0.139. The molecule has 0 aromatic heterocycles. The maximum Gasteiger partial charge on any atom is 0.420 e. The lowest BCUT2D eigenvalue weighted by Crippen LogP contribution is -2.29. The Hall–Kier alpha value is -1.47. The summed E-state index contributed by atoms with van der Waals surface area (Å²) >= 11 is 0. The van der Waals surface area contributed by atoms with E-state index in [1.807, 2.05) is 6.92 Å². The molecule has 1 N–H and O–H groups in total. The highest BCUT2D eigenvalue weighted by Gasteiger charge is 2.38. The number of halogens is 3. The summed E-state index contributed by atoms with van der Waals surface area (Å²) in [5.74, 6) is -0.401. The van der Waals surface area contributed by atoms with Gasteiger partial charge in [-0.25, -0.2) is 0 Å². The van der Waals surface area contributed by atoms with Crippen LogP contribution < -0.4 is 9.47 Å². The van der Waals surface area contributed by atoms with Crippen LogP contribution in [0.2, 0.25) is 0 Å². The Labute approximate surface area is 139 Å². The van der Waals surface area contributed by atoms with Crippen molar-refractivity contribution in [1.29, 1.82) is 0 Å². The van der Waals surface area contributed by atoms with E-state index in [-0.39, 0.29) is 36.2 Å². The number of hydrogen-bond acceptors (Lipinski definition) is 4. The molecule has 1 aromatic rings. The molecule has 0 unspecified atom stereocenters. The molecule has 2 aliphatic heterocycles. The van der Waals surface area contributed by atoms with Crippen molar-refractivity contribution in [3.05, 3.63) is 23.3 Å². The summed E-state index contributed by atoms with van der Waals surface area (Å²) in [6.45, 7) is 4.76. The van der Waals surface area contributed by atoms with Gasteiger partial charge in [-0.05, 0) is 49.5 Å². The third-order valence-corrected chi connectivity index (χ3v) is 4.60. The van der Waals surface area contributed by atoms with Gasteiger partial charge in [0.05, 0.1) is 6.10 Å². The van der Waals surface area contributed by atoms with Crippen LogP contribution in [0.15, 0.2) is 12.1 Å². The van der Waals surface area contributed by atoms with Crippen LogP contribution in [-0.2, 0) is 6.18 Å². The first-order valence-electron chi connectivity index (χ1n) is 8.27. The summed E-state index contributed by atoms with van der Waals surface area (Å²) in [4.78, 5) is 2.23. The minimum atomic E-state index is -4.56. The van der Waals surface area contributed by atoms with E-state index in [2.05, 4.69) is 4.90 Å². The number of aliphatic hydroxyl groups excluding tert-OH is 1. The summed E-state index contributed by atoms with van der Waals surface area (Å²) in [5.41, 5.74) is -0.666. The molecule has 1 saturated heterocycles. The van der Waals surface area contributed by atoms with E-state index in [0.717, 1.165) is 32.0 Å². The number of hydrogen-bond donors (Lipinski definition) is 1. The van der Waals surface area contributed by atoms with Gasteiger partial charge in [0.2, 0.25) is 0 Å². The molecular weight excluding hydrogens is 323 g/mol. The topological polar surface area (TPSA) is 41.9 Å². The quantitative estimate of drug-likeness (QED) is 0.910. The largest absolute Gasteiger partial charge is 0.486 e.